The molecular formula is C13H24N2O2S. The number of carbonyl (C=O) groups is 1. The van der Waals surface area contributed by atoms with Crippen molar-refractivity contribution in [3.63, 3.8) is 0 Å². The number of nitrogens with zero attached hydrogens (tertiary/aromatic N) is 2. The van der Waals surface area contributed by atoms with Gasteiger partial charge in [0.2, 0.25) is 0 Å². The highest BCUT2D eigenvalue weighted by Crippen LogP contribution is 2.52. The number of ether oxygens (including phenoxy) is 1. The van der Waals surface area contributed by atoms with Gasteiger partial charge < -0.3 is 4.74 Å². The van der Waals surface area contributed by atoms with Crippen LogP contribution in [0, 0.1) is 0 Å². The van der Waals surface area contributed by atoms with E-state index >= 15 is 0 Å². The molecule has 0 aliphatic rings. The summed E-state index contributed by atoms with van der Waals surface area (Å²) < 4.78 is 7.79. The van der Waals surface area contributed by atoms with Gasteiger partial charge in [-0.3, -0.25) is 9.48 Å². The number of hydrogen-bond acceptors (Lipinski definition) is 3. The van der Waals surface area contributed by atoms with Crippen molar-refractivity contribution in [3.05, 3.63) is 18.0 Å². The topological polar surface area (TPSA) is 44.1 Å². The molecule has 0 unspecified atom stereocenters. The molecule has 1 rings (SSSR count). The molecule has 0 saturated heterocycles. The van der Waals surface area contributed by atoms with Crippen molar-refractivity contribution in [2.24, 2.45) is 0 Å². The second kappa shape index (κ2) is 5.89. The Balaban J connectivity index is 2.33. The first kappa shape index (κ1) is 15.2. The maximum Gasteiger partial charge on any atom is 0.153 e. The third-order valence-corrected chi connectivity index (χ3v) is 7.36. The number of carbonyl (C=O) groups excluding carboxylic acids is 1. The quantitative estimate of drug-likeness (QED) is 0.590. The van der Waals surface area contributed by atoms with Gasteiger partial charge in [-0.1, -0.05) is 20.8 Å². The van der Waals surface area contributed by atoms with Crippen LogP contribution in [0.4, 0.5) is 0 Å². The Labute approximate surface area is 111 Å². The molecule has 1 aromatic heterocycles. The van der Waals surface area contributed by atoms with Gasteiger partial charge in [0.25, 0.3) is 0 Å². The molecule has 1 heterocycles. The molecule has 0 radical (unpaired) electrons. The van der Waals surface area contributed by atoms with Crippen molar-refractivity contribution in [1.82, 2.24) is 9.78 Å². The standard InChI is InChI=1S/C13H24N2O2S/c1-13(2,3)18(4,5)11-17-7-6-15-9-12(10-16)8-14-15/h8-10H,6-7,11H2,1-5H3. The lowest BCUT2D eigenvalue weighted by molar-refractivity contribution is 0.112. The number of rotatable bonds is 6. The highest BCUT2D eigenvalue weighted by Gasteiger charge is 2.27. The predicted octanol–water partition coefficient (Wildman–Crippen LogP) is 2.53. The van der Waals surface area contributed by atoms with E-state index in [2.05, 4.69) is 38.4 Å². The van der Waals surface area contributed by atoms with Crippen LogP contribution in [-0.2, 0) is 11.3 Å². The Bertz CT molecular complexity index is 394. The molecule has 0 atom stereocenters. The van der Waals surface area contributed by atoms with E-state index in [-0.39, 0.29) is 0 Å². The van der Waals surface area contributed by atoms with Gasteiger partial charge in [0.15, 0.2) is 6.29 Å². The van der Waals surface area contributed by atoms with E-state index in [1.165, 1.54) is 0 Å². The molecule has 1 aromatic rings. The molecule has 4 nitrogen and oxygen atoms in total. The van der Waals surface area contributed by atoms with Crippen molar-refractivity contribution in [2.45, 2.75) is 32.1 Å². The van der Waals surface area contributed by atoms with E-state index in [1.807, 2.05) is 0 Å². The number of aromatic nitrogens is 2. The van der Waals surface area contributed by atoms with Crippen molar-refractivity contribution in [1.29, 1.82) is 0 Å². The van der Waals surface area contributed by atoms with Crippen LogP contribution in [0.5, 0.6) is 0 Å². The Morgan fingerprint density at radius 2 is 2.11 bits per heavy atom. The Morgan fingerprint density at radius 3 is 2.61 bits per heavy atom. The summed E-state index contributed by atoms with van der Waals surface area (Å²) in [5, 5.41) is 4.08. The summed E-state index contributed by atoms with van der Waals surface area (Å²) in [4.78, 5) is 10.5. The van der Waals surface area contributed by atoms with Gasteiger partial charge in [0, 0.05) is 6.20 Å². The fourth-order valence-electron chi connectivity index (χ4n) is 1.16. The van der Waals surface area contributed by atoms with Gasteiger partial charge in [0.1, 0.15) is 0 Å². The van der Waals surface area contributed by atoms with Crippen molar-refractivity contribution < 1.29 is 9.53 Å². The lowest BCUT2D eigenvalue weighted by Gasteiger charge is -2.44. The lowest BCUT2D eigenvalue weighted by atomic mass is 10.3. The second-order valence-corrected chi connectivity index (χ2v) is 10.4. The van der Waals surface area contributed by atoms with Crippen LogP contribution in [0.25, 0.3) is 0 Å². The summed E-state index contributed by atoms with van der Waals surface area (Å²) in [5.74, 6) is 0.804. The fourth-order valence-corrected chi connectivity index (χ4v) is 2.05. The van der Waals surface area contributed by atoms with Gasteiger partial charge in [0.05, 0.1) is 30.9 Å². The first-order valence-electron chi connectivity index (χ1n) is 6.02. The average Bonchev–Trinajstić information content (AvgIpc) is 2.70. The zero-order valence-corrected chi connectivity index (χ0v) is 12.8. The van der Waals surface area contributed by atoms with Crippen LogP contribution in [0.2, 0.25) is 0 Å². The molecule has 0 bridgehead atoms. The number of hydrogen-bond donors (Lipinski definition) is 0. The van der Waals surface area contributed by atoms with Gasteiger partial charge in [-0.05, 0) is 17.3 Å². The maximum absolute atomic E-state index is 10.5. The summed E-state index contributed by atoms with van der Waals surface area (Å²) in [7, 11) is -0.760. The van der Waals surface area contributed by atoms with Crippen LogP contribution >= 0.6 is 10.0 Å². The molecule has 0 N–H and O–H groups in total. The van der Waals surface area contributed by atoms with E-state index < -0.39 is 10.0 Å². The summed E-state index contributed by atoms with van der Waals surface area (Å²) in [6.45, 7) is 8.10. The molecule has 0 amide bonds. The van der Waals surface area contributed by atoms with Crippen molar-refractivity contribution in [3.8, 4) is 0 Å². The largest absolute Gasteiger partial charge is 0.370 e. The van der Waals surface area contributed by atoms with Gasteiger partial charge >= 0.3 is 0 Å². The molecule has 0 aliphatic carbocycles. The maximum atomic E-state index is 10.5. The third kappa shape index (κ3) is 4.14. The SMILES string of the molecule is CC(C)(C)S(C)(C)COCCn1cc(C=O)cn1. The minimum Gasteiger partial charge on any atom is -0.370 e. The first-order chi connectivity index (χ1) is 8.26. The molecule has 18 heavy (non-hydrogen) atoms. The summed E-state index contributed by atoms with van der Waals surface area (Å²) in [6.07, 6.45) is 8.70. The third-order valence-electron chi connectivity index (χ3n) is 3.29. The second-order valence-electron chi connectivity index (χ2n) is 5.83. The van der Waals surface area contributed by atoms with E-state index in [0.29, 0.717) is 23.5 Å². The first-order valence-corrected chi connectivity index (χ1v) is 8.64. The molecule has 0 aromatic carbocycles. The Morgan fingerprint density at radius 1 is 1.44 bits per heavy atom. The summed E-state index contributed by atoms with van der Waals surface area (Å²) in [6, 6.07) is 0. The summed E-state index contributed by atoms with van der Waals surface area (Å²) in [5.41, 5.74) is 0.607. The van der Waals surface area contributed by atoms with Gasteiger partial charge in [-0.2, -0.15) is 5.10 Å². The minimum atomic E-state index is -0.760. The molecule has 0 spiro atoms. The molecule has 0 aliphatic heterocycles. The van der Waals surface area contributed by atoms with Crippen LogP contribution < -0.4 is 0 Å². The molecule has 104 valence electrons. The Hall–Kier alpha value is -0.810. The molecule has 0 saturated carbocycles. The smallest absolute Gasteiger partial charge is 0.153 e. The van der Waals surface area contributed by atoms with Crippen LogP contribution in [0.3, 0.4) is 0 Å². The monoisotopic (exact) mass is 272 g/mol. The molecule has 0 fully saturated rings. The summed E-state index contributed by atoms with van der Waals surface area (Å²) >= 11 is 0. The minimum absolute atomic E-state index is 0.295. The zero-order chi connectivity index (χ0) is 13.8. The van der Waals surface area contributed by atoms with E-state index in [1.54, 1.807) is 17.1 Å². The lowest BCUT2D eigenvalue weighted by Crippen LogP contribution is -2.27. The normalized spacial score (nSPS) is 13.6. The van der Waals surface area contributed by atoms with Crippen molar-refractivity contribution >= 4 is 16.3 Å². The fraction of sp³-hybridized carbons (Fsp3) is 0.692. The highest BCUT2D eigenvalue weighted by atomic mass is 32.3. The zero-order valence-electron chi connectivity index (χ0n) is 12.0. The van der Waals surface area contributed by atoms with E-state index in [9.17, 15) is 4.79 Å². The van der Waals surface area contributed by atoms with Crippen LogP contribution in [0.15, 0.2) is 12.4 Å². The van der Waals surface area contributed by atoms with E-state index in [0.717, 1.165) is 12.2 Å². The highest BCUT2D eigenvalue weighted by molar-refractivity contribution is 8.33. The van der Waals surface area contributed by atoms with E-state index in [4.69, 9.17) is 4.74 Å². The average molecular weight is 272 g/mol. The molecule has 5 heteroatoms. The number of aldehydes is 1. The predicted molar refractivity (Wildman–Crippen MR) is 77.6 cm³/mol. The van der Waals surface area contributed by atoms with Gasteiger partial charge in [-0.25, -0.2) is 10.0 Å². The van der Waals surface area contributed by atoms with Crippen LogP contribution in [-0.4, -0.2) is 45.9 Å². The molecular weight excluding hydrogens is 248 g/mol. The van der Waals surface area contributed by atoms with Crippen molar-refractivity contribution in [2.75, 3.05) is 25.1 Å². The Kier molecular flexibility index (Phi) is 4.99. The van der Waals surface area contributed by atoms with Crippen LogP contribution in [0.1, 0.15) is 31.1 Å². The van der Waals surface area contributed by atoms with Gasteiger partial charge in [-0.15, -0.1) is 0 Å².